The lowest BCUT2D eigenvalue weighted by Crippen LogP contribution is -2.43. The van der Waals surface area contributed by atoms with E-state index in [9.17, 15) is 0 Å². The highest BCUT2D eigenvalue weighted by molar-refractivity contribution is 6.63. The average molecular weight is 449 g/mol. The third-order valence-corrected chi connectivity index (χ3v) is 9.02. The normalized spacial score (nSPS) is 29.7. The molecule has 0 bridgehead atoms. The molecule has 0 spiro atoms. The zero-order chi connectivity index (χ0) is 25.0. The molecular formula is C30H45BO2. The summed E-state index contributed by atoms with van der Waals surface area (Å²) in [5.74, 6) is 0.385. The highest BCUT2D eigenvalue weighted by Gasteiger charge is 2.58. The summed E-state index contributed by atoms with van der Waals surface area (Å²) >= 11 is 0. The van der Waals surface area contributed by atoms with Gasteiger partial charge in [-0.25, -0.2) is 0 Å². The fourth-order valence-electron chi connectivity index (χ4n) is 6.00. The van der Waals surface area contributed by atoms with E-state index in [2.05, 4.69) is 120 Å². The van der Waals surface area contributed by atoms with Crippen molar-refractivity contribution in [1.29, 1.82) is 0 Å². The van der Waals surface area contributed by atoms with Gasteiger partial charge in [0.25, 0.3) is 0 Å². The van der Waals surface area contributed by atoms with Crippen molar-refractivity contribution < 1.29 is 9.31 Å². The number of benzene rings is 1. The molecule has 1 heterocycles. The van der Waals surface area contributed by atoms with Crippen LogP contribution in [0.25, 0.3) is 0 Å². The minimum Gasteiger partial charge on any atom is -0.399 e. The maximum atomic E-state index is 6.65. The van der Waals surface area contributed by atoms with Crippen molar-refractivity contribution in [3.63, 3.8) is 0 Å². The van der Waals surface area contributed by atoms with Crippen LogP contribution in [0.15, 0.2) is 35.9 Å². The monoisotopic (exact) mass is 448 g/mol. The van der Waals surface area contributed by atoms with E-state index >= 15 is 0 Å². The Labute approximate surface area is 203 Å². The summed E-state index contributed by atoms with van der Waals surface area (Å²) in [6.45, 7) is 29.7. The molecule has 1 aliphatic heterocycles. The van der Waals surface area contributed by atoms with Crippen molar-refractivity contribution in [2.24, 2.45) is 11.3 Å². The van der Waals surface area contributed by atoms with Crippen LogP contribution in [0.1, 0.15) is 107 Å². The fraction of sp³-hybridized carbons (Fsp3) is 0.667. The molecule has 1 aromatic carbocycles. The molecule has 1 fully saturated rings. The maximum absolute atomic E-state index is 6.65. The van der Waals surface area contributed by atoms with Crippen LogP contribution >= 0.6 is 0 Å². The van der Waals surface area contributed by atoms with Crippen molar-refractivity contribution in [2.45, 2.75) is 117 Å². The van der Waals surface area contributed by atoms with E-state index in [1.165, 1.54) is 27.7 Å². The highest BCUT2D eigenvalue weighted by atomic mass is 16.7. The molecule has 3 aliphatic rings. The third-order valence-electron chi connectivity index (χ3n) is 9.02. The summed E-state index contributed by atoms with van der Waals surface area (Å²) in [7, 11) is -0.362. The number of rotatable bonds is 1. The Morgan fingerprint density at radius 3 is 1.82 bits per heavy atom. The van der Waals surface area contributed by atoms with Gasteiger partial charge >= 0.3 is 7.12 Å². The molecular weight excluding hydrogens is 403 g/mol. The summed E-state index contributed by atoms with van der Waals surface area (Å²) in [6.07, 6.45) is 7.40. The second-order valence-corrected chi connectivity index (χ2v) is 14.5. The van der Waals surface area contributed by atoms with Gasteiger partial charge in [-0.2, -0.15) is 0 Å². The first-order chi connectivity index (χ1) is 14.7. The molecule has 0 radical (unpaired) electrons. The molecule has 0 saturated carbocycles. The topological polar surface area (TPSA) is 18.5 Å². The average Bonchev–Trinajstić information content (AvgIpc) is 2.96. The van der Waals surface area contributed by atoms with Crippen molar-refractivity contribution in [1.82, 2.24) is 0 Å². The summed E-state index contributed by atoms with van der Waals surface area (Å²) in [5.41, 5.74) is 6.21. The smallest absolute Gasteiger partial charge is 0.399 e. The Morgan fingerprint density at radius 2 is 1.33 bits per heavy atom. The van der Waals surface area contributed by atoms with Crippen LogP contribution < -0.4 is 5.46 Å². The second-order valence-electron chi connectivity index (χ2n) is 14.5. The molecule has 2 unspecified atom stereocenters. The first kappa shape index (κ1) is 24.8. The number of hydrogen-bond acceptors (Lipinski definition) is 2. The maximum Gasteiger partial charge on any atom is 0.495 e. The van der Waals surface area contributed by atoms with Gasteiger partial charge < -0.3 is 9.31 Å². The van der Waals surface area contributed by atoms with Crippen molar-refractivity contribution in [3.05, 3.63) is 52.6 Å². The first-order valence-electron chi connectivity index (χ1n) is 12.7. The van der Waals surface area contributed by atoms with Gasteiger partial charge in [0.05, 0.1) is 11.2 Å². The molecule has 3 heteroatoms. The SMILES string of the molecule is CC(C)(C)C1=CC2C(C)(C)c3cc(C(C)(C)C)cc(B4OC(C)(C)C(C)(C)O4)c3C2(C)C=C1. The molecule has 0 N–H and O–H groups in total. The van der Waals surface area contributed by atoms with E-state index in [1.54, 1.807) is 0 Å². The van der Waals surface area contributed by atoms with Crippen LogP contribution in [-0.4, -0.2) is 18.3 Å². The molecule has 2 aliphatic carbocycles. The molecule has 4 rings (SSSR count). The van der Waals surface area contributed by atoms with Crippen LogP contribution in [0.4, 0.5) is 0 Å². The van der Waals surface area contributed by atoms with E-state index in [0.29, 0.717) is 5.92 Å². The van der Waals surface area contributed by atoms with Gasteiger partial charge in [0.1, 0.15) is 0 Å². The summed E-state index contributed by atoms with van der Waals surface area (Å²) in [5, 5.41) is 0. The van der Waals surface area contributed by atoms with Gasteiger partial charge in [0.15, 0.2) is 0 Å². The van der Waals surface area contributed by atoms with Gasteiger partial charge in [-0.05, 0) is 77.6 Å². The minimum absolute atomic E-state index is 0.00495. The predicted molar refractivity (Wildman–Crippen MR) is 141 cm³/mol. The summed E-state index contributed by atoms with van der Waals surface area (Å²) in [4.78, 5) is 0. The van der Waals surface area contributed by atoms with Crippen LogP contribution in [0, 0.1) is 11.3 Å². The Kier molecular flexibility index (Phi) is 5.17. The van der Waals surface area contributed by atoms with Gasteiger partial charge in [-0.1, -0.05) is 92.7 Å². The van der Waals surface area contributed by atoms with Crippen molar-refractivity contribution >= 4 is 12.6 Å². The first-order valence-corrected chi connectivity index (χ1v) is 12.7. The molecule has 2 nitrogen and oxygen atoms in total. The molecule has 180 valence electrons. The quantitative estimate of drug-likeness (QED) is 0.431. The Balaban J connectivity index is 1.98. The van der Waals surface area contributed by atoms with E-state index in [0.717, 1.165) is 0 Å². The molecule has 2 atom stereocenters. The minimum atomic E-state index is -0.363. The van der Waals surface area contributed by atoms with Gasteiger partial charge in [0, 0.05) is 5.41 Å². The highest BCUT2D eigenvalue weighted by Crippen LogP contribution is 2.58. The predicted octanol–water partition coefficient (Wildman–Crippen LogP) is 6.99. The lowest BCUT2D eigenvalue weighted by Gasteiger charge is -2.40. The van der Waals surface area contributed by atoms with Crippen molar-refractivity contribution in [2.75, 3.05) is 0 Å². The molecule has 0 amide bonds. The zero-order valence-corrected chi connectivity index (χ0v) is 23.4. The second kappa shape index (κ2) is 6.88. The van der Waals surface area contributed by atoms with Gasteiger partial charge in [-0.15, -0.1) is 0 Å². The third kappa shape index (κ3) is 3.61. The van der Waals surface area contributed by atoms with Gasteiger partial charge in [0.2, 0.25) is 0 Å². The molecule has 33 heavy (non-hydrogen) atoms. The van der Waals surface area contributed by atoms with Crippen LogP contribution in [0.5, 0.6) is 0 Å². The molecule has 0 aromatic heterocycles. The van der Waals surface area contributed by atoms with Crippen LogP contribution in [-0.2, 0) is 25.6 Å². The van der Waals surface area contributed by atoms with Crippen LogP contribution in [0.2, 0.25) is 0 Å². The van der Waals surface area contributed by atoms with E-state index < -0.39 is 0 Å². The Bertz CT molecular complexity index is 1030. The lowest BCUT2D eigenvalue weighted by atomic mass is 9.62. The van der Waals surface area contributed by atoms with E-state index in [1.807, 2.05) is 0 Å². The standard InChI is InChI=1S/C30H45BO2/c1-25(2,3)19-14-15-30(13)23(18-19)27(7,8)21-16-20(26(4,5)6)17-22(24(21)30)31-32-28(9,10)29(11,12)33-31/h14-18,23H,1-13H3. The zero-order valence-electron chi connectivity index (χ0n) is 23.4. The fourth-order valence-corrected chi connectivity index (χ4v) is 6.00. The molecule has 1 aromatic rings. The lowest BCUT2D eigenvalue weighted by molar-refractivity contribution is 0.00578. The van der Waals surface area contributed by atoms with Crippen LogP contribution in [0.3, 0.4) is 0 Å². The summed E-state index contributed by atoms with van der Waals surface area (Å²) in [6, 6.07) is 4.85. The largest absolute Gasteiger partial charge is 0.495 e. The van der Waals surface area contributed by atoms with E-state index in [-0.39, 0.29) is 40.0 Å². The van der Waals surface area contributed by atoms with E-state index in [4.69, 9.17) is 9.31 Å². The van der Waals surface area contributed by atoms with Crippen molar-refractivity contribution in [3.8, 4) is 0 Å². The molecule has 1 saturated heterocycles. The summed E-state index contributed by atoms with van der Waals surface area (Å²) < 4.78 is 13.3. The van der Waals surface area contributed by atoms with Gasteiger partial charge in [-0.3, -0.25) is 0 Å². The number of allylic oxidation sites excluding steroid dienone is 4. The number of fused-ring (bicyclic) bond motifs is 3. The number of hydrogen-bond donors (Lipinski definition) is 0. The Hall–Kier alpha value is -1.32. The Morgan fingerprint density at radius 1 is 0.788 bits per heavy atom.